The predicted octanol–water partition coefficient (Wildman–Crippen LogP) is 5.15. The first-order chi connectivity index (χ1) is 19.5. The number of anilines is 1. The highest BCUT2D eigenvalue weighted by molar-refractivity contribution is 7.92. The van der Waals surface area contributed by atoms with Crippen LogP contribution in [-0.4, -0.2) is 51.4 Å². The molecule has 9 heteroatoms. The maximum Gasteiger partial charge on any atom is 0.264 e. The Hall–Kier alpha value is -3.85. The van der Waals surface area contributed by atoms with E-state index in [-0.39, 0.29) is 17.3 Å². The molecule has 8 nitrogen and oxygen atoms in total. The summed E-state index contributed by atoms with van der Waals surface area (Å²) in [7, 11) is -2.56. The number of carbonyl (C=O) groups excluding carboxylic acids is 2. The van der Waals surface area contributed by atoms with Gasteiger partial charge in [-0.25, -0.2) is 8.42 Å². The first kappa shape index (κ1) is 31.7. The fourth-order valence-corrected chi connectivity index (χ4v) is 6.08. The Morgan fingerprint density at radius 1 is 0.951 bits per heavy atom. The van der Waals surface area contributed by atoms with Gasteiger partial charge in [-0.15, -0.1) is 0 Å². The normalized spacial score (nSPS) is 12.0. The summed E-state index contributed by atoms with van der Waals surface area (Å²) in [6.07, 6.45) is 1.11. The fraction of sp³-hybridized carbons (Fsp3) is 0.375. The Kier molecular flexibility index (Phi) is 10.9. The summed E-state index contributed by atoms with van der Waals surface area (Å²) >= 11 is 0. The van der Waals surface area contributed by atoms with Gasteiger partial charge in [0.1, 0.15) is 18.3 Å². The number of methoxy groups -OCH3 is 1. The van der Waals surface area contributed by atoms with E-state index >= 15 is 0 Å². The molecule has 41 heavy (non-hydrogen) atoms. The van der Waals surface area contributed by atoms with E-state index in [0.717, 1.165) is 33.0 Å². The quantitative estimate of drug-likeness (QED) is 0.302. The standard InChI is InChI=1S/C32H41N3O5S/c1-7-19-33-32(37)29(8-2)34(21-26-12-10-13-27(20-26)40-6)31(36)22-35(30-14-9-11-24(4)25(30)5)41(38,39)28-17-15-23(3)16-18-28/h9-18,20,29H,7-8,19,21-22H2,1-6H3,(H,33,37)/t29-/m1/s1. The summed E-state index contributed by atoms with van der Waals surface area (Å²) in [6, 6.07) is 18.4. The number of nitrogens with zero attached hydrogens (tertiary/aromatic N) is 2. The van der Waals surface area contributed by atoms with Crippen LogP contribution in [0.15, 0.2) is 71.6 Å². The lowest BCUT2D eigenvalue weighted by molar-refractivity contribution is -0.140. The zero-order valence-electron chi connectivity index (χ0n) is 24.8. The van der Waals surface area contributed by atoms with Crippen LogP contribution in [0.25, 0.3) is 0 Å². The summed E-state index contributed by atoms with van der Waals surface area (Å²) in [5.74, 6) is -0.134. The maximum atomic E-state index is 14.2. The molecular weight excluding hydrogens is 538 g/mol. The molecule has 0 radical (unpaired) electrons. The van der Waals surface area contributed by atoms with Gasteiger partial charge in [0.25, 0.3) is 10.0 Å². The van der Waals surface area contributed by atoms with Crippen LogP contribution in [0.1, 0.15) is 48.9 Å². The van der Waals surface area contributed by atoms with Gasteiger partial charge in [-0.3, -0.25) is 13.9 Å². The smallest absolute Gasteiger partial charge is 0.264 e. The zero-order valence-corrected chi connectivity index (χ0v) is 25.6. The second kappa shape index (κ2) is 14.2. The molecule has 1 N–H and O–H groups in total. The Labute approximate surface area is 244 Å². The Balaban J connectivity index is 2.10. The Morgan fingerprint density at radius 2 is 1.63 bits per heavy atom. The lowest BCUT2D eigenvalue weighted by Gasteiger charge is -2.33. The fourth-order valence-electron chi connectivity index (χ4n) is 4.61. The molecule has 1 atom stereocenters. The molecule has 0 saturated heterocycles. The second-order valence-electron chi connectivity index (χ2n) is 10.1. The van der Waals surface area contributed by atoms with Crippen molar-refractivity contribution in [2.45, 2.75) is 64.9 Å². The van der Waals surface area contributed by atoms with Crippen LogP contribution in [0.3, 0.4) is 0 Å². The summed E-state index contributed by atoms with van der Waals surface area (Å²) in [6.45, 7) is 9.54. The molecule has 0 spiro atoms. The van der Waals surface area contributed by atoms with Crippen LogP contribution in [0.5, 0.6) is 5.75 Å². The van der Waals surface area contributed by atoms with E-state index in [1.807, 2.05) is 58.9 Å². The van der Waals surface area contributed by atoms with Gasteiger partial charge in [0, 0.05) is 13.1 Å². The lowest BCUT2D eigenvalue weighted by Crippen LogP contribution is -2.52. The van der Waals surface area contributed by atoms with Crippen LogP contribution in [-0.2, 0) is 26.2 Å². The third-order valence-electron chi connectivity index (χ3n) is 7.15. The molecule has 0 fully saturated rings. The molecule has 0 bridgehead atoms. The highest BCUT2D eigenvalue weighted by atomic mass is 32.2. The van der Waals surface area contributed by atoms with Crippen LogP contribution >= 0.6 is 0 Å². The molecule has 0 heterocycles. The molecule has 0 aromatic heterocycles. The van der Waals surface area contributed by atoms with E-state index in [1.54, 1.807) is 49.6 Å². The number of rotatable bonds is 13. The molecule has 3 rings (SSSR count). The third kappa shape index (κ3) is 7.67. The van der Waals surface area contributed by atoms with E-state index in [0.29, 0.717) is 24.4 Å². The molecule has 0 aliphatic carbocycles. The average Bonchev–Trinajstić information content (AvgIpc) is 2.96. The monoisotopic (exact) mass is 579 g/mol. The average molecular weight is 580 g/mol. The Bertz CT molecular complexity index is 1450. The van der Waals surface area contributed by atoms with E-state index < -0.39 is 28.5 Å². The van der Waals surface area contributed by atoms with Gasteiger partial charge in [0.05, 0.1) is 17.7 Å². The van der Waals surface area contributed by atoms with E-state index in [1.165, 1.54) is 4.90 Å². The van der Waals surface area contributed by atoms with Gasteiger partial charge in [-0.1, -0.05) is 55.8 Å². The molecule has 0 unspecified atom stereocenters. The van der Waals surface area contributed by atoms with E-state index in [9.17, 15) is 18.0 Å². The summed E-state index contributed by atoms with van der Waals surface area (Å²) in [5, 5.41) is 2.90. The number of sulfonamides is 1. The summed E-state index contributed by atoms with van der Waals surface area (Å²) in [4.78, 5) is 29.0. The van der Waals surface area contributed by atoms with Crippen molar-refractivity contribution in [1.82, 2.24) is 10.2 Å². The van der Waals surface area contributed by atoms with Gasteiger partial charge >= 0.3 is 0 Å². The Morgan fingerprint density at radius 3 is 2.27 bits per heavy atom. The molecule has 2 amide bonds. The van der Waals surface area contributed by atoms with Crippen molar-refractivity contribution in [3.63, 3.8) is 0 Å². The number of carbonyl (C=O) groups is 2. The van der Waals surface area contributed by atoms with Gasteiger partial charge in [0.2, 0.25) is 11.8 Å². The van der Waals surface area contributed by atoms with Crippen LogP contribution < -0.4 is 14.4 Å². The SMILES string of the molecule is CCCNC(=O)[C@@H](CC)N(Cc1cccc(OC)c1)C(=O)CN(c1cccc(C)c1C)S(=O)(=O)c1ccc(C)cc1. The van der Waals surface area contributed by atoms with Gasteiger partial charge in [0.15, 0.2) is 0 Å². The van der Waals surface area contributed by atoms with Crippen LogP contribution in [0.2, 0.25) is 0 Å². The maximum absolute atomic E-state index is 14.2. The highest BCUT2D eigenvalue weighted by Crippen LogP contribution is 2.29. The number of ether oxygens (including phenoxy) is 1. The van der Waals surface area contributed by atoms with Crippen molar-refractivity contribution in [2.75, 3.05) is 24.5 Å². The largest absolute Gasteiger partial charge is 0.497 e. The molecule has 0 aliphatic heterocycles. The molecule has 0 aliphatic rings. The number of hydrogen-bond donors (Lipinski definition) is 1. The number of amides is 2. The number of aryl methyl sites for hydroxylation is 2. The molecular formula is C32H41N3O5S. The highest BCUT2D eigenvalue weighted by Gasteiger charge is 2.34. The predicted molar refractivity (Wildman–Crippen MR) is 163 cm³/mol. The first-order valence-electron chi connectivity index (χ1n) is 13.9. The number of hydrogen-bond acceptors (Lipinski definition) is 5. The number of nitrogens with one attached hydrogen (secondary N) is 1. The summed E-state index contributed by atoms with van der Waals surface area (Å²) in [5.41, 5.74) is 3.76. The molecule has 0 saturated carbocycles. The van der Waals surface area contributed by atoms with Gasteiger partial charge < -0.3 is 15.0 Å². The van der Waals surface area contributed by atoms with Crippen LogP contribution in [0.4, 0.5) is 5.69 Å². The summed E-state index contributed by atoms with van der Waals surface area (Å²) < 4.78 is 34.7. The third-order valence-corrected chi connectivity index (χ3v) is 8.93. The lowest BCUT2D eigenvalue weighted by atomic mass is 10.1. The van der Waals surface area contributed by atoms with Crippen molar-refractivity contribution in [2.24, 2.45) is 0 Å². The van der Waals surface area contributed by atoms with Crippen molar-refractivity contribution >= 4 is 27.5 Å². The first-order valence-corrected chi connectivity index (χ1v) is 15.3. The molecule has 220 valence electrons. The van der Waals surface area contributed by atoms with Crippen molar-refractivity contribution in [1.29, 1.82) is 0 Å². The van der Waals surface area contributed by atoms with Crippen molar-refractivity contribution in [3.8, 4) is 5.75 Å². The van der Waals surface area contributed by atoms with E-state index in [4.69, 9.17) is 4.74 Å². The molecule has 3 aromatic carbocycles. The van der Waals surface area contributed by atoms with Crippen molar-refractivity contribution < 1.29 is 22.7 Å². The van der Waals surface area contributed by atoms with Gasteiger partial charge in [-0.2, -0.15) is 0 Å². The van der Waals surface area contributed by atoms with Crippen molar-refractivity contribution in [3.05, 3.63) is 89.0 Å². The minimum absolute atomic E-state index is 0.0869. The second-order valence-corrected chi connectivity index (χ2v) is 12.0. The minimum atomic E-state index is -4.12. The van der Waals surface area contributed by atoms with E-state index in [2.05, 4.69) is 5.32 Å². The van der Waals surface area contributed by atoms with Gasteiger partial charge in [-0.05, 0) is 80.6 Å². The molecule has 3 aromatic rings. The topological polar surface area (TPSA) is 96.0 Å². The number of benzene rings is 3. The van der Waals surface area contributed by atoms with Crippen LogP contribution in [0, 0.1) is 20.8 Å². The minimum Gasteiger partial charge on any atom is -0.497 e. The zero-order chi connectivity index (χ0) is 30.2.